The largest absolute Gasteiger partial charge is 0.455 e. The van der Waals surface area contributed by atoms with E-state index >= 15 is 0 Å². The summed E-state index contributed by atoms with van der Waals surface area (Å²) in [6.45, 7) is 10.1. The average Bonchev–Trinajstić information content (AvgIpc) is 2.89. The first-order valence-electron chi connectivity index (χ1n) is 14.2. The fourth-order valence-corrected chi connectivity index (χ4v) is 6.35. The molecule has 0 aliphatic carbocycles. The van der Waals surface area contributed by atoms with Crippen LogP contribution in [0, 0.1) is 17.3 Å². The first-order chi connectivity index (χ1) is 20.3. The Kier molecular flexibility index (Phi) is 14.1. The van der Waals surface area contributed by atoms with Gasteiger partial charge in [-0.15, -0.1) is 0 Å². The molecule has 6 N–H and O–H groups in total. The molecule has 10 unspecified atom stereocenters. The Morgan fingerprint density at radius 3 is 1.95 bits per heavy atom. The van der Waals surface area contributed by atoms with Crippen molar-refractivity contribution in [3.05, 3.63) is 11.6 Å². The van der Waals surface area contributed by atoms with Gasteiger partial charge in [-0.05, 0) is 37.0 Å². The second-order valence-electron chi connectivity index (χ2n) is 12.4. The van der Waals surface area contributed by atoms with Gasteiger partial charge in [-0.2, -0.15) is 8.42 Å². The number of hydrogen-bond acceptors (Lipinski definition) is 15. The van der Waals surface area contributed by atoms with Crippen LogP contribution in [0.25, 0.3) is 0 Å². The van der Waals surface area contributed by atoms with E-state index in [2.05, 4.69) is 31.9 Å². The van der Waals surface area contributed by atoms with Gasteiger partial charge in [0.05, 0.1) is 13.2 Å². The number of ether oxygens (including phenoxy) is 5. The van der Waals surface area contributed by atoms with Crippen LogP contribution in [0.5, 0.6) is 0 Å². The van der Waals surface area contributed by atoms with Gasteiger partial charge in [0.15, 0.2) is 24.6 Å². The Balaban J connectivity index is 2.34. The highest BCUT2D eigenvalue weighted by atomic mass is 32.3. The van der Waals surface area contributed by atoms with Crippen LogP contribution in [-0.4, -0.2) is 126 Å². The van der Waals surface area contributed by atoms with E-state index in [0.717, 1.165) is 12.8 Å². The summed E-state index contributed by atoms with van der Waals surface area (Å²) in [4.78, 5) is 24.6. The minimum atomic E-state index is -5.27. The molecule has 0 spiro atoms. The first-order valence-corrected chi connectivity index (χ1v) is 15.6. The number of carbonyl (C=O) groups is 2. The molecule has 0 radical (unpaired) electrons. The highest BCUT2D eigenvalue weighted by Gasteiger charge is 2.54. The highest BCUT2D eigenvalue weighted by Crippen LogP contribution is 2.34. The van der Waals surface area contributed by atoms with Crippen molar-refractivity contribution < 1.29 is 76.0 Å². The second kappa shape index (κ2) is 16.2. The molecule has 256 valence electrons. The van der Waals surface area contributed by atoms with Crippen LogP contribution >= 0.6 is 0 Å². The molecule has 2 heterocycles. The summed E-state index contributed by atoms with van der Waals surface area (Å²) in [6.07, 6.45) is -14.9. The summed E-state index contributed by atoms with van der Waals surface area (Å²) in [7, 11) is -5.27. The third-order valence-corrected chi connectivity index (χ3v) is 7.74. The van der Waals surface area contributed by atoms with E-state index in [-0.39, 0.29) is 23.4 Å². The molecule has 0 aromatic heterocycles. The fraction of sp³-hybridized carbons (Fsp3) is 0.852. The standard InChI is InChI=1S/C27H46O16S/c1-13(2)8-27(5,6)9-14(3)7-15(4)24(34)41-21-19(32)17(11-29)40-26(23(21)38-12-30)42-25-22(43-44(35,36)37)20(33)18(31)16(10-28)39-25/h7,12-14,16-23,25-26,28-29,31-33H,8-11H2,1-6H3,(H,35,36,37)/b15-7+/t14-,16?,17?,18?,19?,20?,21?,22?,23?,25?,26?/m1/s1. The van der Waals surface area contributed by atoms with E-state index in [1.165, 1.54) is 6.92 Å². The molecule has 0 aromatic carbocycles. The number of esters is 1. The van der Waals surface area contributed by atoms with Gasteiger partial charge in [-0.3, -0.25) is 9.35 Å². The van der Waals surface area contributed by atoms with E-state index in [1.54, 1.807) is 6.08 Å². The van der Waals surface area contributed by atoms with Crippen LogP contribution in [0.3, 0.4) is 0 Å². The summed E-state index contributed by atoms with van der Waals surface area (Å²) < 4.78 is 63.4. The first kappa shape index (κ1) is 38.4. The molecule has 44 heavy (non-hydrogen) atoms. The molecule has 2 aliphatic heterocycles. The van der Waals surface area contributed by atoms with Crippen LogP contribution in [0.15, 0.2) is 11.6 Å². The maximum Gasteiger partial charge on any atom is 0.397 e. The minimum Gasteiger partial charge on any atom is -0.455 e. The van der Waals surface area contributed by atoms with Crippen LogP contribution < -0.4 is 0 Å². The second-order valence-corrected chi connectivity index (χ2v) is 13.5. The molecule has 2 saturated heterocycles. The van der Waals surface area contributed by atoms with Crippen molar-refractivity contribution in [3.63, 3.8) is 0 Å². The van der Waals surface area contributed by atoms with Gasteiger partial charge in [0.1, 0.15) is 30.5 Å². The maximum absolute atomic E-state index is 13.1. The lowest BCUT2D eigenvalue weighted by Gasteiger charge is -2.46. The summed E-state index contributed by atoms with van der Waals surface area (Å²) in [5.74, 6) is -0.452. The summed E-state index contributed by atoms with van der Waals surface area (Å²) >= 11 is 0. The fourth-order valence-electron chi connectivity index (χ4n) is 5.87. The Hall–Kier alpha value is -1.77. The van der Waals surface area contributed by atoms with E-state index in [0.29, 0.717) is 5.92 Å². The molecule has 0 amide bonds. The van der Waals surface area contributed by atoms with Crippen LogP contribution in [-0.2, 0) is 47.9 Å². The number of aliphatic hydroxyl groups excluding tert-OH is 5. The molecule has 2 aliphatic rings. The summed E-state index contributed by atoms with van der Waals surface area (Å²) in [6, 6.07) is 0. The molecule has 0 saturated carbocycles. The molecule has 2 rings (SSSR count). The van der Waals surface area contributed by atoms with Gasteiger partial charge in [0.25, 0.3) is 6.47 Å². The van der Waals surface area contributed by atoms with Gasteiger partial charge in [0, 0.05) is 5.57 Å². The molecule has 0 bridgehead atoms. The van der Waals surface area contributed by atoms with E-state index < -0.39 is 91.0 Å². The normalized spacial score (nSPS) is 34.4. The lowest BCUT2D eigenvalue weighted by molar-refractivity contribution is -0.373. The van der Waals surface area contributed by atoms with Crippen LogP contribution in [0.4, 0.5) is 0 Å². The molecule has 2 fully saturated rings. The average molecular weight is 659 g/mol. The van der Waals surface area contributed by atoms with Crippen molar-refractivity contribution in [1.29, 1.82) is 0 Å². The van der Waals surface area contributed by atoms with Crippen molar-refractivity contribution in [2.45, 2.75) is 116 Å². The third-order valence-electron chi connectivity index (χ3n) is 7.27. The van der Waals surface area contributed by atoms with Crippen molar-refractivity contribution >= 4 is 22.8 Å². The summed E-state index contributed by atoms with van der Waals surface area (Å²) in [5.41, 5.74) is 0.170. The Morgan fingerprint density at radius 1 is 0.909 bits per heavy atom. The zero-order valence-electron chi connectivity index (χ0n) is 25.6. The highest BCUT2D eigenvalue weighted by molar-refractivity contribution is 7.80. The topological polar surface area (TPSA) is 245 Å². The molecule has 0 aromatic rings. The van der Waals surface area contributed by atoms with Crippen LogP contribution in [0.2, 0.25) is 0 Å². The predicted molar refractivity (Wildman–Crippen MR) is 149 cm³/mol. The predicted octanol–water partition coefficient (Wildman–Crippen LogP) is -0.794. The Bertz CT molecular complexity index is 1080. The smallest absolute Gasteiger partial charge is 0.397 e. The molecule has 16 nitrogen and oxygen atoms in total. The number of rotatable bonds is 15. The SMILES string of the molecule is C/C(=C\[C@@H](C)CC(C)(C)CC(C)C)C(=O)OC1C(O)C(CO)OC(OC2OC(CO)C(O)C(O)C2OS(=O)(=O)O)C1OC=O. The maximum atomic E-state index is 13.1. The lowest BCUT2D eigenvalue weighted by atomic mass is 9.77. The van der Waals surface area contributed by atoms with Crippen molar-refractivity contribution in [1.82, 2.24) is 0 Å². The monoisotopic (exact) mass is 658 g/mol. The van der Waals surface area contributed by atoms with Crippen molar-refractivity contribution in [2.24, 2.45) is 17.3 Å². The third kappa shape index (κ3) is 10.7. The van der Waals surface area contributed by atoms with Crippen molar-refractivity contribution in [3.8, 4) is 0 Å². The Labute approximate surface area is 256 Å². The van der Waals surface area contributed by atoms with Crippen LogP contribution in [0.1, 0.15) is 54.4 Å². The number of allylic oxidation sites excluding steroid dienone is 1. The number of hydrogen-bond donors (Lipinski definition) is 6. The van der Waals surface area contributed by atoms with Gasteiger partial charge in [0.2, 0.25) is 6.29 Å². The van der Waals surface area contributed by atoms with E-state index in [9.17, 15) is 48.1 Å². The van der Waals surface area contributed by atoms with Gasteiger partial charge in [-0.25, -0.2) is 8.98 Å². The molecular weight excluding hydrogens is 612 g/mol. The van der Waals surface area contributed by atoms with E-state index in [4.69, 9.17) is 23.7 Å². The lowest BCUT2D eigenvalue weighted by Crippen LogP contribution is -2.65. The molecule has 17 heteroatoms. The van der Waals surface area contributed by atoms with Gasteiger partial charge < -0.3 is 49.2 Å². The number of aliphatic hydroxyl groups is 5. The van der Waals surface area contributed by atoms with Crippen molar-refractivity contribution in [2.75, 3.05) is 13.2 Å². The van der Waals surface area contributed by atoms with Gasteiger partial charge in [-0.1, -0.05) is 40.7 Å². The summed E-state index contributed by atoms with van der Waals surface area (Å²) in [5, 5.41) is 50.8. The zero-order chi connectivity index (χ0) is 33.6. The molecular formula is C27H46O16S. The number of carbonyl (C=O) groups excluding carboxylic acids is 2. The zero-order valence-corrected chi connectivity index (χ0v) is 26.4. The molecule has 11 atom stereocenters. The Morgan fingerprint density at radius 2 is 1.45 bits per heavy atom. The quantitative estimate of drug-likeness (QED) is 0.0546. The van der Waals surface area contributed by atoms with E-state index in [1.807, 2.05) is 6.92 Å². The van der Waals surface area contributed by atoms with Gasteiger partial charge >= 0.3 is 16.4 Å². The minimum absolute atomic E-state index is 0.0102.